The van der Waals surface area contributed by atoms with Gasteiger partial charge in [-0.1, -0.05) is 40.0 Å². The maximum absolute atomic E-state index is 7.88. The first-order chi connectivity index (χ1) is 4.33. The third-order valence-electron chi connectivity index (χ3n) is 0.931. The van der Waals surface area contributed by atoms with Gasteiger partial charge in [-0.3, -0.25) is 0 Å². The Morgan fingerprint density at radius 2 is 1.20 bits per heavy atom. The summed E-state index contributed by atoms with van der Waals surface area (Å²) < 4.78 is 0. The molecule has 0 atom stereocenters. The van der Waals surface area contributed by atoms with Crippen LogP contribution in [0.15, 0.2) is 0 Å². The van der Waals surface area contributed by atoms with Crippen LogP contribution in [-0.2, 0) is 22.4 Å². The second-order valence-corrected chi connectivity index (χ2v) is 2.08. The van der Waals surface area contributed by atoms with Crippen LogP contribution in [-0.4, -0.2) is 11.7 Å². The summed E-state index contributed by atoms with van der Waals surface area (Å²) in [6, 6.07) is 0. The van der Waals surface area contributed by atoms with E-state index in [9.17, 15) is 0 Å². The smallest absolute Gasteiger partial charge is 0.0428 e. The number of aliphatic hydroxyl groups is 1. The average molecular weight is 225 g/mol. The van der Waals surface area contributed by atoms with E-state index in [1.165, 1.54) is 19.3 Å². The summed E-state index contributed by atoms with van der Waals surface area (Å²) in [6.45, 7) is 6.67. The van der Waals surface area contributed by atoms with Crippen molar-refractivity contribution in [3.05, 3.63) is 0 Å². The Morgan fingerprint density at radius 3 is 1.20 bits per heavy atom. The quantitative estimate of drug-likeness (QED) is 0.732. The Labute approximate surface area is 80.7 Å². The molecule has 2 heteroatoms. The molecular weight excluding hydrogens is 205 g/mol. The molecule has 10 heavy (non-hydrogen) atoms. The summed E-state index contributed by atoms with van der Waals surface area (Å²) in [5.41, 5.74) is 0. The molecule has 0 saturated carbocycles. The van der Waals surface area contributed by atoms with Crippen LogP contribution in [0.25, 0.3) is 0 Å². The third-order valence-corrected chi connectivity index (χ3v) is 0.931. The van der Waals surface area contributed by atoms with Crippen LogP contribution in [0.1, 0.15) is 46.5 Å². The van der Waals surface area contributed by atoms with Crippen molar-refractivity contribution in [2.75, 3.05) is 6.61 Å². The second-order valence-electron chi connectivity index (χ2n) is 2.08. The average Bonchev–Trinajstić information content (AvgIpc) is 1.91. The predicted molar refractivity (Wildman–Crippen MR) is 42.6 cm³/mol. The second kappa shape index (κ2) is 22.6. The van der Waals surface area contributed by atoms with Gasteiger partial charge >= 0.3 is 0 Å². The first-order valence-electron chi connectivity index (χ1n) is 3.94. The standard InChI is InChI=1S/C5H12.C3H8O.Nb/c1-3-5-4-2;1-2-3-4;/h3-5H2,1-2H3;4H,2-3H2,1H3;. The van der Waals surface area contributed by atoms with E-state index in [2.05, 4.69) is 13.8 Å². The Balaban J connectivity index is -0.0000000910. The van der Waals surface area contributed by atoms with Gasteiger partial charge in [-0.15, -0.1) is 0 Å². The zero-order valence-corrected chi connectivity index (χ0v) is 9.63. The molecule has 0 heterocycles. The molecule has 0 aromatic rings. The van der Waals surface area contributed by atoms with E-state index in [1.54, 1.807) is 0 Å². The summed E-state index contributed by atoms with van der Waals surface area (Å²) in [7, 11) is 0. The zero-order valence-electron chi connectivity index (χ0n) is 7.43. The first kappa shape index (κ1) is 17.0. The SMILES string of the molecule is CCCCC.CCCO.[Nb]. The van der Waals surface area contributed by atoms with Crippen molar-refractivity contribution in [2.24, 2.45) is 0 Å². The summed E-state index contributed by atoms with van der Waals surface area (Å²) in [5.74, 6) is 0. The summed E-state index contributed by atoms with van der Waals surface area (Å²) in [6.07, 6.45) is 4.95. The minimum absolute atomic E-state index is 0. The van der Waals surface area contributed by atoms with Crippen LogP contribution in [0, 0.1) is 0 Å². The van der Waals surface area contributed by atoms with Crippen LogP contribution in [0.3, 0.4) is 0 Å². The molecule has 0 rings (SSSR count). The molecule has 0 aliphatic heterocycles. The number of hydrogen-bond donors (Lipinski definition) is 1. The van der Waals surface area contributed by atoms with Crippen molar-refractivity contribution >= 4 is 0 Å². The zero-order chi connectivity index (χ0) is 7.54. The molecule has 1 N–H and O–H groups in total. The fraction of sp³-hybridized carbons (Fsp3) is 1.00. The molecule has 0 fully saturated rings. The summed E-state index contributed by atoms with van der Waals surface area (Å²) in [4.78, 5) is 0. The fourth-order valence-corrected chi connectivity index (χ4v) is 0.354. The topological polar surface area (TPSA) is 20.2 Å². The van der Waals surface area contributed by atoms with E-state index < -0.39 is 0 Å². The molecule has 0 aromatic carbocycles. The van der Waals surface area contributed by atoms with Crippen molar-refractivity contribution in [3.63, 3.8) is 0 Å². The van der Waals surface area contributed by atoms with Gasteiger partial charge in [0.1, 0.15) is 0 Å². The molecule has 1 nitrogen and oxygen atoms in total. The molecule has 63 valence electrons. The molecule has 1 radical (unpaired) electrons. The largest absolute Gasteiger partial charge is 0.396 e. The first-order valence-corrected chi connectivity index (χ1v) is 3.94. The molecular formula is C8H20NbO. The van der Waals surface area contributed by atoms with Crippen molar-refractivity contribution in [1.29, 1.82) is 0 Å². The van der Waals surface area contributed by atoms with Crippen LogP contribution >= 0.6 is 0 Å². The number of hydrogen-bond acceptors (Lipinski definition) is 1. The van der Waals surface area contributed by atoms with Gasteiger partial charge in [0.15, 0.2) is 0 Å². The van der Waals surface area contributed by atoms with Gasteiger partial charge in [0.25, 0.3) is 0 Å². The normalized spacial score (nSPS) is 7.20. The maximum atomic E-state index is 7.88. The van der Waals surface area contributed by atoms with E-state index in [4.69, 9.17) is 5.11 Å². The molecule has 0 amide bonds. The molecule has 0 aliphatic rings. The number of aliphatic hydroxyl groups excluding tert-OH is 1. The molecule has 0 spiro atoms. The van der Waals surface area contributed by atoms with E-state index in [-0.39, 0.29) is 22.4 Å². The predicted octanol–water partition coefficient (Wildman–Crippen LogP) is 2.58. The number of unbranched alkanes of at least 4 members (excludes halogenated alkanes) is 2. The van der Waals surface area contributed by atoms with Gasteiger partial charge in [-0.25, -0.2) is 0 Å². The van der Waals surface area contributed by atoms with E-state index >= 15 is 0 Å². The fourth-order valence-electron chi connectivity index (χ4n) is 0.354. The van der Waals surface area contributed by atoms with Crippen LogP contribution in [0.2, 0.25) is 0 Å². The Hall–Kier alpha value is 0.700. The monoisotopic (exact) mass is 225 g/mol. The van der Waals surface area contributed by atoms with Gasteiger partial charge in [-0.05, 0) is 6.42 Å². The minimum atomic E-state index is 0. The molecule has 0 aromatic heterocycles. The van der Waals surface area contributed by atoms with E-state index in [1.807, 2.05) is 6.92 Å². The molecule has 0 bridgehead atoms. The van der Waals surface area contributed by atoms with Crippen molar-refractivity contribution in [1.82, 2.24) is 0 Å². The van der Waals surface area contributed by atoms with Crippen molar-refractivity contribution in [3.8, 4) is 0 Å². The van der Waals surface area contributed by atoms with Gasteiger partial charge in [0, 0.05) is 29.0 Å². The van der Waals surface area contributed by atoms with Gasteiger partial charge < -0.3 is 5.11 Å². The van der Waals surface area contributed by atoms with E-state index in [0.717, 1.165) is 6.42 Å². The van der Waals surface area contributed by atoms with Gasteiger partial charge in [0.05, 0.1) is 0 Å². The van der Waals surface area contributed by atoms with E-state index in [0.29, 0.717) is 6.61 Å². The number of rotatable bonds is 3. The van der Waals surface area contributed by atoms with Crippen LogP contribution < -0.4 is 0 Å². The van der Waals surface area contributed by atoms with Gasteiger partial charge in [0.2, 0.25) is 0 Å². The van der Waals surface area contributed by atoms with Crippen LogP contribution in [0.4, 0.5) is 0 Å². The van der Waals surface area contributed by atoms with Crippen LogP contribution in [0.5, 0.6) is 0 Å². The van der Waals surface area contributed by atoms with Gasteiger partial charge in [-0.2, -0.15) is 0 Å². The van der Waals surface area contributed by atoms with Crippen molar-refractivity contribution in [2.45, 2.75) is 46.5 Å². The Bertz CT molecular complexity index is 28.4. The summed E-state index contributed by atoms with van der Waals surface area (Å²) >= 11 is 0. The Kier molecular flexibility index (Phi) is 38.4. The molecule has 0 aliphatic carbocycles. The third kappa shape index (κ3) is 37.7. The summed E-state index contributed by atoms with van der Waals surface area (Å²) in [5, 5.41) is 7.88. The maximum Gasteiger partial charge on any atom is 0.0428 e. The van der Waals surface area contributed by atoms with Crippen molar-refractivity contribution < 1.29 is 27.5 Å². The minimum Gasteiger partial charge on any atom is -0.396 e. The molecule has 0 saturated heterocycles. The Morgan fingerprint density at radius 1 is 0.900 bits per heavy atom. The molecule has 0 unspecified atom stereocenters.